The van der Waals surface area contributed by atoms with E-state index >= 15 is 0 Å². The fourth-order valence-corrected chi connectivity index (χ4v) is 3.92. The molecule has 1 aromatic carbocycles. The van der Waals surface area contributed by atoms with E-state index in [4.69, 9.17) is 18.2 Å². The summed E-state index contributed by atoms with van der Waals surface area (Å²) < 4.78 is 33.5. The van der Waals surface area contributed by atoms with Gasteiger partial charge >= 0.3 is 13.2 Å². The van der Waals surface area contributed by atoms with Crippen molar-refractivity contribution in [3.05, 3.63) is 40.2 Å². The average Bonchev–Trinajstić information content (AvgIpc) is 2.46. The van der Waals surface area contributed by atoms with Crippen LogP contribution in [-0.2, 0) is 19.8 Å². The first-order chi connectivity index (χ1) is 10.5. The summed E-state index contributed by atoms with van der Waals surface area (Å²) in [5.41, 5.74) is 0.427. The topological polar surface area (TPSA) is 75.0 Å². The smallest absolute Gasteiger partial charge is 0.336 e. The number of rotatable bonds is 7. The minimum absolute atomic E-state index is 0.0170. The highest BCUT2D eigenvalue weighted by atomic mass is 31.2. The van der Waals surface area contributed by atoms with Crippen molar-refractivity contribution < 1.29 is 22.8 Å². The Morgan fingerprint density at radius 2 is 1.82 bits per heavy atom. The van der Waals surface area contributed by atoms with Crippen LogP contribution in [0.3, 0.4) is 0 Å². The van der Waals surface area contributed by atoms with E-state index in [9.17, 15) is 9.36 Å². The monoisotopic (exact) mass is 326 g/mol. The Kier molecular flexibility index (Phi) is 5.40. The molecule has 0 saturated carbocycles. The number of benzene rings is 1. The van der Waals surface area contributed by atoms with Crippen LogP contribution in [-0.4, -0.2) is 20.3 Å². The quantitative estimate of drug-likeness (QED) is 0.572. The van der Waals surface area contributed by atoms with E-state index in [2.05, 4.69) is 0 Å². The summed E-state index contributed by atoms with van der Waals surface area (Å²) in [6, 6.07) is 6.44. The third-order valence-electron chi connectivity index (χ3n) is 3.05. The van der Waals surface area contributed by atoms with Crippen molar-refractivity contribution in [2.24, 2.45) is 0 Å². The van der Waals surface area contributed by atoms with Crippen LogP contribution in [0.4, 0.5) is 0 Å². The minimum Gasteiger partial charge on any atom is -0.497 e. The zero-order valence-corrected chi connectivity index (χ0v) is 13.7. The standard InChI is InChI=1S/C15H19O6P/c1-4-19-22(17,20-5-2)10-11-8-15(16)21-14-9-12(18-3)6-7-13(11)14/h6-9H,4-5,10H2,1-3H3. The van der Waals surface area contributed by atoms with Crippen molar-refractivity contribution in [3.63, 3.8) is 0 Å². The summed E-state index contributed by atoms with van der Waals surface area (Å²) >= 11 is 0. The van der Waals surface area contributed by atoms with Crippen LogP contribution in [0.25, 0.3) is 11.0 Å². The number of methoxy groups -OCH3 is 1. The van der Waals surface area contributed by atoms with Crippen LogP contribution in [0.2, 0.25) is 0 Å². The van der Waals surface area contributed by atoms with Gasteiger partial charge in [-0.2, -0.15) is 0 Å². The van der Waals surface area contributed by atoms with Gasteiger partial charge in [0.25, 0.3) is 0 Å². The molecule has 0 radical (unpaired) electrons. The molecular formula is C15H19O6P. The van der Waals surface area contributed by atoms with Gasteiger partial charge in [-0.1, -0.05) is 0 Å². The predicted octanol–water partition coefficient (Wildman–Crippen LogP) is 3.57. The van der Waals surface area contributed by atoms with Crippen LogP contribution < -0.4 is 10.4 Å². The molecule has 0 aliphatic rings. The number of fused-ring (bicyclic) bond motifs is 1. The molecule has 1 aromatic heterocycles. The minimum atomic E-state index is -3.30. The maximum atomic E-state index is 12.7. The van der Waals surface area contributed by atoms with Gasteiger partial charge in [0.15, 0.2) is 0 Å². The third-order valence-corrected chi connectivity index (χ3v) is 5.08. The predicted molar refractivity (Wildman–Crippen MR) is 83.6 cm³/mol. The molecular weight excluding hydrogens is 307 g/mol. The molecule has 0 aliphatic heterocycles. The molecule has 0 N–H and O–H groups in total. The van der Waals surface area contributed by atoms with Crippen molar-refractivity contribution in [1.29, 1.82) is 0 Å². The molecule has 0 aliphatic carbocycles. The first-order valence-electron chi connectivity index (χ1n) is 7.00. The normalized spacial score (nSPS) is 11.8. The van der Waals surface area contributed by atoms with Gasteiger partial charge in [0.2, 0.25) is 0 Å². The van der Waals surface area contributed by atoms with E-state index < -0.39 is 13.2 Å². The third kappa shape index (κ3) is 3.77. The Balaban J connectivity index is 2.50. The number of ether oxygens (including phenoxy) is 1. The molecule has 0 saturated heterocycles. The lowest BCUT2D eigenvalue weighted by Crippen LogP contribution is -2.04. The summed E-state index contributed by atoms with van der Waals surface area (Å²) in [6.45, 7) is 4.02. The van der Waals surface area contributed by atoms with Crippen LogP contribution >= 0.6 is 7.60 Å². The Hall–Kier alpha value is -1.62. The van der Waals surface area contributed by atoms with E-state index in [1.54, 1.807) is 32.0 Å². The Labute approximate surface area is 128 Å². The molecule has 2 rings (SSSR count). The Morgan fingerprint density at radius 1 is 1.14 bits per heavy atom. The number of hydrogen-bond donors (Lipinski definition) is 0. The summed E-state index contributed by atoms with van der Waals surface area (Å²) in [4.78, 5) is 11.7. The van der Waals surface area contributed by atoms with Crippen molar-refractivity contribution in [3.8, 4) is 5.75 Å². The van der Waals surface area contributed by atoms with Crippen molar-refractivity contribution in [2.45, 2.75) is 20.0 Å². The first kappa shape index (κ1) is 16.7. The highest BCUT2D eigenvalue weighted by molar-refractivity contribution is 7.53. The summed E-state index contributed by atoms with van der Waals surface area (Å²) in [5.74, 6) is 0.575. The van der Waals surface area contributed by atoms with Crippen molar-refractivity contribution in [1.82, 2.24) is 0 Å². The maximum Gasteiger partial charge on any atom is 0.336 e. The van der Waals surface area contributed by atoms with Gasteiger partial charge in [-0.25, -0.2) is 4.79 Å². The van der Waals surface area contributed by atoms with Gasteiger partial charge in [-0.3, -0.25) is 4.57 Å². The van der Waals surface area contributed by atoms with Crippen LogP contribution in [0, 0.1) is 0 Å². The van der Waals surface area contributed by atoms with E-state index in [0.717, 1.165) is 0 Å². The summed E-state index contributed by atoms with van der Waals surface area (Å²) in [7, 11) is -1.77. The molecule has 0 unspecified atom stereocenters. The molecule has 0 bridgehead atoms. The van der Waals surface area contributed by atoms with Gasteiger partial charge in [0, 0.05) is 17.5 Å². The van der Waals surface area contributed by atoms with Gasteiger partial charge in [0.05, 0.1) is 26.5 Å². The number of hydrogen-bond acceptors (Lipinski definition) is 6. The zero-order valence-electron chi connectivity index (χ0n) is 12.8. The average molecular weight is 326 g/mol. The summed E-state index contributed by atoms with van der Waals surface area (Å²) in [6.07, 6.45) is 0.0170. The molecule has 7 heteroatoms. The highest BCUT2D eigenvalue weighted by Crippen LogP contribution is 2.51. The fraction of sp³-hybridized carbons (Fsp3) is 0.400. The first-order valence-corrected chi connectivity index (χ1v) is 8.73. The highest BCUT2D eigenvalue weighted by Gasteiger charge is 2.25. The second kappa shape index (κ2) is 7.09. The second-order valence-corrected chi connectivity index (χ2v) is 6.61. The van der Waals surface area contributed by atoms with Gasteiger partial charge < -0.3 is 18.2 Å². The lowest BCUT2D eigenvalue weighted by molar-refractivity contribution is 0.219. The fourth-order valence-electron chi connectivity index (χ4n) is 2.20. The molecule has 0 spiro atoms. The van der Waals surface area contributed by atoms with Crippen molar-refractivity contribution in [2.75, 3.05) is 20.3 Å². The molecule has 0 atom stereocenters. The van der Waals surface area contributed by atoms with Gasteiger partial charge in [0.1, 0.15) is 11.3 Å². The van der Waals surface area contributed by atoms with Crippen LogP contribution in [0.1, 0.15) is 19.4 Å². The SMILES string of the molecule is CCOP(=O)(Cc1cc(=O)oc2cc(OC)ccc12)OCC. The Bertz CT molecular complexity index is 741. The van der Waals surface area contributed by atoms with E-state index in [0.29, 0.717) is 22.3 Å². The molecule has 120 valence electrons. The van der Waals surface area contributed by atoms with Gasteiger partial charge in [-0.05, 0) is 31.5 Å². The lowest BCUT2D eigenvalue weighted by atomic mass is 10.1. The molecule has 0 amide bonds. The maximum absolute atomic E-state index is 12.7. The van der Waals surface area contributed by atoms with Gasteiger partial charge in [-0.15, -0.1) is 0 Å². The molecule has 6 nitrogen and oxygen atoms in total. The zero-order chi connectivity index (χ0) is 16.2. The largest absolute Gasteiger partial charge is 0.497 e. The van der Waals surface area contributed by atoms with Crippen LogP contribution in [0.5, 0.6) is 5.75 Å². The molecule has 1 heterocycles. The molecule has 22 heavy (non-hydrogen) atoms. The van der Waals surface area contributed by atoms with E-state index in [1.165, 1.54) is 13.2 Å². The molecule has 2 aromatic rings. The van der Waals surface area contributed by atoms with Crippen LogP contribution in [0.15, 0.2) is 33.5 Å². The van der Waals surface area contributed by atoms with E-state index in [-0.39, 0.29) is 19.4 Å². The Morgan fingerprint density at radius 3 is 2.41 bits per heavy atom. The second-order valence-electron chi connectivity index (χ2n) is 4.56. The molecule has 0 fully saturated rings. The summed E-state index contributed by atoms with van der Waals surface area (Å²) in [5, 5.41) is 0.681. The van der Waals surface area contributed by atoms with E-state index in [1.807, 2.05) is 0 Å². The lowest BCUT2D eigenvalue weighted by Gasteiger charge is -2.17. The van der Waals surface area contributed by atoms with Crippen molar-refractivity contribution >= 4 is 18.6 Å².